The largest absolute Gasteiger partial charge is 0.358 e. The normalized spacial score (nSPS) is 22.9. The zero-order valence-electron chi connectivity index (χ0n) is 16.7. The molecule has 4 rings (SSSR count). The highest BCUT2D eigenvalue weighted by Crippen LogP contribution is 2.33. The van der Waals surface area contributed by atoms with Crippen LogP contribution in [0.5, 0.6) is 0 Å². The fourth-order valence-corrected chi connectivity index (χ4v) is 4.09. The second kappa shape index (κ2) is 8.69. The maximum absolute atomic E-state index is 6.14. The van der Waals surface area contributed by atoms with Crippen LogP contribution in [0.4, 0.5) is 5.95 Å². The van der Waals surface area contributed by atoms with Gasteiger partial charge in [-0.3, -0.25) is 10.6 Å². The summed E-state index contributed by atoms with van der Waals surface area (Å²) in [7, 11) is 3.57. The summed E-state index contributed by atoms with van der Waals surface area (Å²) in [6.45, 7) is 0.892. The van der Waals surface area contributed by atoms with Crippen LogP contribution >= 0.6 is 0 Å². The highest BCUT2D eigenvalue weighted by atomic mass is 16.5. The van der Waals surface area contributed by atoms with Crippen LogP contribution in [0.15, 0.2) is 60.7 Å². The van der Waals surface area contributed by atoms with Gasteiger partial charge in [0.1, 0.15) is 6.17 Å². The Morgan fingerprint density at radius 3 is 2.55 bits per heavy atom. The number of aromatic nitrogens is 4. The summed E-state index contributed by atoms with van der Waals surface area (Å²) in [6.07, 6.45) is 1.75. The molecule has 8 nitrogen and oxygen atoms in total. The van der Waals surface area contributed by atoms with E-state index in [1.165, 1.54) is 0 Å². The monoisotopic (exact) mass is 393 g/mol. The van der Waals surface area contributed by atoms with Gasteiger partial charge in [-0.15, -0.1) is 0 Å². The molecular formula is C21H27N7O. The minimum Gasteiger partial charge on any atom is -0.358 e. The van der Waals surface area contributed by atoms with E-state index in [1.807, 2.05) is 43.4 Å². The van der Waals surface area contributed by atoms with Gasteiger partial charge >= 0.3 is 0 Å². The zero-order valence-corrected chi connectivity index (χ0v) is 16.7. The van der Waals surface area contributed by atoms with Gasteiger partial charge in [-0.1, -0.05) is 65.8 Å². The van der Waals surface area contributed by atoms with Crippen LogP contribution in [0.25, 0.3) is 0 Å². The molecule has 2 heterocycles. The third-order valence-corrected chi connectivity index (χ3v) is 5.51. The van der Waals surface area contributed by atoms with Crippen molar-refractivity contribution in [3.63, 3.8) is 0 Å². The molecule has 3 aromatic rings. The van der Waals surface area contributed by atoms with E-state index in [0.29, 0.717) is 5.95 Å². The number of nitrogens with one attached hydrogen (secondary N) is 3. The van der Waals surface area contributed by atoms with Gasteiger partial charge in [0, 0.05) is 19.7 Å². The van der Waals surface area contributed by atoms with Crippen molar-refractivity contribution in [3.05, 3.63) is 71.8 Å². The molecule has 0 aliphatic carbocycles. The van der Waals surface area contributed by atoms with Gasteiger partial charge in [0.05, 0.1) is 6.04 Å². The number of piperidine rings is 1. The molecule has 29 heavy (non-hydrogen) atoms. The van der Waals surface area contributed by atoms with E-state index >= 15 is 0 Å². The SMILES string of the molecule is CNc1nnnn1C(N[C@H]1CCCN[C@]1(OC)c1ccccc1)c1ccccc1. The predicted molar refractivity (Wildman–Crippen MR) is 111 cm³/mol. The fourth-order valence-electron chi connectivity index (χ4n) is 4.09. The summed E-state index contributed by atoms with van der Waals surface area (Å²) in [5.41, 5.74) is 1.53. The summed E-state index contributed by atoms with van der Waals surface area (Å²) in [5.74, 6) is 0.595. The first-order valence-corrected chi connectivity index (χ1v) is 9.91. The van der Waals surface area contributed by atoms with Crippen LogP contribution in [-0.4, -0.2) is 47.0 Å². The third kappa shape index (κ3) is 3.74. The van der Waals surface area contributed by atoms with Gasteiger partial charge in [-0.05, 0) is 35.4 Å². The Morgan fingerprint density at radius 2 is 1.86 bits per heavy atom. The lowest BCUT2D eigenvalue weighted by Gasteiger charge is -2.45. The van der Waals surface area contributed by atoms with Gasteiger partial charge in [0.15, 0.2) is 5.72 Å². The Hall–Kier alpha value is -2.81. The molecule has 3 atom stereocenters. The molecule has 3 N–H and O–H groups in total. The van der Waals surface area contributed by atoms with Crippen LogP contribution in [-0.2, 0) is 10.5 Å². The first kappa shape index (κ1) is 19.5. The summed E-state index contributed by atoms with van der Waals surface area (Å²) in [4.78, 5) is 0. The number of methoxy groups -OCH3 is 1. The van der Waals surface area contributed by atoms with Crippen LogP contribution in [0.2, 0.25) is 0 Å². The number of anilines is 1. The van der Waals surface area contributed by atoms with Gasteiger partial charge < -0.3 is 10.1 Å². The average molecular weight is 393 g/mol. The van der Waals surface area contributed by atoms with Gasteiger partial charge in [0.2, 0.25) is 5.95 Å². The van der Waals surface area contributed by atoms with Crippen molar-refractivity contribution < 1.29 is 4.74 Å². The number of hydrogen-bond acceptors (Lipinski definition) is 7. The van der Waals surface area contributed by atoms with Crippen LogP contribution in [0, 0.1) is 0 Å². The van der Waals surface area contributed by atoms with Gasteiger partial charge in [-0.25, -0.2) is 0 Å². The van der Waals surface area contributed by atoms with E-state index in [0.717, 1.165) is 30.5 Å². The molecule has 1 aliphatic rings. The van der Waals surface area contributed by atoms with Crippen molar-refractivity contribution in [1.82, 2.24) is 30.8 Å². The van der Waals surface area contributed by atoms with Crippen molar-refractivity contribution in [3.8, 4) is 0 Å². The highest BCUT2D eigenvalue weighted by molar-refractivity contribution is 5.29. The summed E-state index contributed by atoms with van der Waals surface area (Å²) >= 11 is 0. The molecule has 1 aliphatic heterocycles. The van der Waals surface area contributed by atoms with Crippen molar-refractivity contribution in [1.29, 1.82) is 0 Å². The summed E-state index contributed by atoms with van der Waals surface area (Å²) < 4.78 is 7.91. The second-order valence-corrected chi connectivity index (χ2v) is 7.10. The number of tetrazole rings is 1. The van der Waals surface area contributed by atoms with Gasteiger partial charge in [-0.2, -0.15) is 4.68 Å². The smallest absolute Gasteiger partial charge is 0.244 e. The maximum atomic E-state index is 6.14. The van der Waals surface area contributed by atoms with Crippen LogP contribution in [0.3, 0.4) is 0 Å². The summed E-state index contributed by atoms with van der Waals surface area (Å²) in [6, 6.07) is 20.5. The molecule has 1 unspecified atom stereocenters. The highest BCUT2D eigenvalue weighted by Gasteiger charge is 2.44. The quantitative estimate of drug-likeness (QED) is 0.566. The lowest BCUT2D eigenvalue weighted by Crippen LogP contribution is -2.62. The zero-order chi connectivity index (χ0) is 20.1. The lowest BCUT2D eigenvalue weighted by atomic mass is 9.87. The Labute approximate surface area is 170 Å². The molecule has 0 saturated carbocycles. The van der Waals surface area contributed by atoms with Gasteiger partial charge in [0.25, 0.3) is 0 Å². The van der Waals surface area contributed by atoms with Crippen LogP contribution in [0.1, 0.15) is 30.1 Å². The lowest BCUT2D eigenvalue weighted by molar-refractivity contribution is -0.0932. The van der Waals surface area contributed by atoms with E-state index in [9.17, 15) is 0 Å². The molecule has 1 aromatic heterocycles. The Balaban J connectivity index is 1.74. The first-order chi connectivity index (χ1) is 14.3. The number of hydrogen-bond donors (Lipinski definition) is 3. The number of ether oxygens (including phenoxy) is 1. The molecule has 1 saturated heterocycles. The van der Waals surface area contributed by atoms with E-state index < -0.39 is 5.72 Å². The van der Waals surface area contributed by atoms with Crippen molar-refractivity contribution in [2.75, 3.05) is 26.0 Å². The number of benzene rings is 2. The molecular weight excluding hydrogens is 366 g/mol. The predicted octanol–water partition coefficient (Wildman–Crippen LogP) is 2.10. The van der Waals surface area contributed by atoms with Crippen molar-refractivity contribution in [2.24, 2.45) is 0 Å². The van der Waals surface area contributed by atoms with Crippen LogP contribution < -0.4 is 16.0 Å². The van der Waals surface area contributed by atoms with E-state index in [4.69, 9.17) is 4.74 Å². The third-order valence-electron chi connectivity index (χ3n) is 5.51. The van der Waals surface area contributed by atoms with Crippen molar-refractivity contribution in [2.45, 2.75) is 30.8 Å². The Morgan fingerprint density at radius 1 is 1.14 bits per heavy atom. The molecule has 1 fully saturated rings. The molecule has 0 bridgehead atoms. The topological polar surface area (TPSA) is 88.9 Å². The van der Waals surface area contributed by atoms with Crippen molar-refractivity contribution >= 4 is 5.95 Å². The molecule has 2 aromatic carbocycles. The molecule has 8 heteroatoms. The standard InChI is InChI=1S/C21H27N7O/c1-22-20-25-26-27-28(20)19(16-10-5-3-6-11-16)24-18-14-9-15-23-21(18,29-2)17-12-7-4-8-13-17/h3-8,10-13,18-19,23-24H,9,14-15H2,1-2H3,(H,22,25,27)/t18-,19?,21-/m0/s1. The number of rotatable bonds is 7. The molecule has 0 radical (unpaired) electrons. The second-order valence-electron chi connectivity index (χ2n) is 7.10. The first-order valence-electron chi connectivity index (χ1n) is 9.91. The minimum absolute atomic E-state index is 0.00256. The van der Waals surface area contributed by atoms with E-state index in [-0.39, 0.29) is 12.2 Å². The fraction of sp³-hybridized carbons (Fsp3) is 0.381. The van der Waals surface area contributed by atoms with E-state index in [1.54, 1.807) is 11.8 Å². The Kier molecular flexibility index (Phi) is 5.84. The van der Waals surface area contributed by atoms with E-state index in [2.05, 4.69) is 55.7 Å². The molecule has 152 valence electrons. The molecule has 0 amide bonds. The summed E-state index contributed by atoms with van der Waals surface area (Å²) in [5, 5.41) is 22.7. The average Bonchev–Trinajstić information content (AvgIpc) is 3.27. The minimum atomic E-state index is -0.639. The maximum Gasteiger partial charge on any atom is 0.244 e. The molecule has 0 spiro atoms. The number of nitrogens with zero attached hydrogens (tertiary/aromatic N) is 4. The Bertz CT molecular complexity index is 902.